The molecule has 0 atom stereocenters. The lowest BCUT2D eigenvalue weighted by Gasteiger charge is -2.19. The number of hydrogen-bond acceptors (Lipinski definition) is 5. The summed E-state index contributed by atoms with van der Waals surface area (Å²) in [6.07, 6.45) is 0.779. The predicted molar refractivity (Wildman–Crippen MR) is 122 cm³/mol. The molecule has 0 heterocycles. The number of carbonyl (C=O) groups is 1. The molecule has 0 spiro atoms. The fourth-order valence-electron chi connectivity index (χ4n) is 2.67. The maximum atomic E-state index is 12.1. The van der Waals surface area contributed by atoms with Gasteiger partial charge in [0.05, 0.1) is 11.5 Å². The molecule has 0 aliphatic rings. The van der Waals surface area contributed by atoms with Crippen LogP contribution in [-0.2, 0) is 10.2 Å². The molecule has 0 aliphatic carbocycles. The van der Waals surface area contributed by atoms with Crippen LogP contribution < -0.4 is 15.4 Å². The molecule has 0 aromatic heterocycles. The quantitative estimate of drug-likeness (QED) is 0.282. The van der Waals surface area contributed by atoms with Gasteiger partial charge in [-0.05, 0) is 54.2 Å². The van der Waals surface area contributed by atoms with Crippen molar-refractivity contribution in [1.82, 2.24) is 5.32 Å². The van der Waals surface area contributed by atoms with E-state index in [0.717, 1.165) is 11.3 Å². The maximum Gasteiger partial charge on any atom is 0.271 e. The molecule has 2 aromatic carbocycles. The van der Waals surface area contributed by atoms with E-state index >= 15 is 0 Å². The van der Waals surface area contributed by atoms with Crippen LogP contribution in [0.15, 0.2) is 42.5 Å². The number of aryl methyl sites for hydroxylation is 1. The Morgan fingerprint density at radius 1 is 1.17 bits per heavy atom. The van der Waals surface area contributed by atoms with Crippen molar-refractivity contribution in [1.29, 1.82) is 0 Å². The molecular formula is C22H27N3O4S. The van der Waals surface area contributed by atoms with Gasteiger partial charge in [-0.1, -0.05) is 39.0 Å². The minimum absolute atomic E-state index is 0.0510. The Balaban J connectivity index is 1.75. The second-order valence-electron chi connectivity index (χ2n) is 7.99. The SMILES string of the molecule is Cc1ccc([N+](=O)[O-])cc1NC(=S)NC(=O)CCCOc1ccc(C(C)(C)C)cc1. The molecule has 1 amide bonds. The number of amides is 1. The molecule has 0 aliphatic heterocycles. The van der Waals surface area contributed by atoms with Gasteiger partial charge >= 0.3 is 0 Å². The van der Waals surface area contributed by atoms with E-state index in [1.54, 1.807) is 13.0 Å². The van der Waals surface area contributed by atoms with Crippen LogP contribution >= 0.6 is 12.2 Å². The third-order valence-corrected chi connectivity index (χ3v) is 4.67. The predicted octanol–water partition coefficient (Wildman–Crippen LogP) is 4.87. The van der Waals surface area contributed by atoms with Crippen LogP contribution in [0.3, 0.4) is 0 Å². The fraction of sp³-hybridized carbons (Fsp3) is 0.364. The number of ether oxygens (including phenoxy) is 1. The van der Waals surface area contributed by atoms with Gasteiger partial charge in [0, 0.05) is 24.2 Å². The van der Waals surface area contributed by atoms with E-state index < -0.39 is 4.92 Å². The summed E-state index contributed by atoms with van der Waals surface area (Å²) in [5.41, 5.74) is 2.53. The molecule has 8 heteroatoms. The van der Waals surface area contributed by atoms with Crippen LogP contribution in [0.25, 0.3) is 0 Å². The first-order valence-electron chi connectivity index (χ1n) is 9.65. The number of nitro benzene ring substituents is 1. The van der Waals surface area contributed by atoms with Crippen molar-refractivity contribution in [3.05, 3.63) is 63.7 Å². The van der Waals surface area contributed by atoms with Crippen LogP contribution in [0, 0.1) is 17.0 Å². The van der Waals surface area contributed by atoms with Crippen LogP contribution in [0.5, 0.6) is 5.75 Å². The summed E-state index contributed by atoms with van der Waals surface area (Å²) in [4.78, 5) is 22.5. The average Bonchev–Trinajstić information content (AvgIpc) is 2.66. The summed E-state index contributed by atoms with van der Waals surface area (Å²) < 4.78 is 5.68. The molecule has 2 rings (SSSR count). The Morgan fingerprint density at radius 2 is 1.83 bits per heavy atom. The van der Waals surface area contributed by atoms with Crippen LogP contribution in [-0.4, -0.2) is 22.5 Å². The Morgan fingerprint density at radius 3 is 2.43 bits per heavy atom. The van der Waals surface area contributed by atoms with Gasteiger partial charge < -0.3 is 15.4 Å². The molecule has 160 valence electrons. The van der Waals surface area contributed by atoms with Crippen molar-refractivity contribution in [2.75, 3.05) is 11.9 Å². The number of nitrogens with zero attached hydrogens (tertiary/aromatic N) is 1. The summed E-state index contributed by atoms with van der Waals surface area (Å²) in [7, 11) is 0. The van der Waals surface area contributed by atoms with Crippen molar-refractivity contribution in [3.8, 4) is 5.75 Å². The minimum atomic E-state index is -0.483. The van der Waals surface area contributed by atoms with Crippen LogP contribution in [0.4, 0.5) is 11.4 Å². The van der Waals surface area contributed by atoms with Gasteiger partial charge in [-0.2, -0.15) is 0 Å². The molecule has 0 radical (unpaired) electrons. The van der Waals surface area contributed by atoms with Crippen molar-refractivity contribution < 1.29 is 14.5 Å². The lowest BCUT2D eigenvalue weighted by atomic mass is 9.87. The third-order valence-electron chi connectivity index (χ3n) is 4.47. The fourth-order valence-corrected chi connectivity index (χ4v) is 2.90. The van der Waals surface area contributed by atoms with E-state index in [9.17, 15) is 14.9 Å². The number of nitro groups is 1. The van der Waals surface area contributed by atoms with Gasteiger partial charge in [0.1, 0.15) is 5.75 Å². The first-order valence-corrected chi connectivity index (χ1v) is 10.1. The Labute approximate surface area is 182 Å². The largest absolute Gasteiger partial charge is 0.494 e. The summed E-state index contributed by atoms with van der Waals surface area (Å²) in [6.45, 7) is 8.66. The number of nitrogens with one attached hydrogen (secondary N) is 2. The number of thiocarbonyl (C=S) groups is 1. The molecule has 30 heavy (non-hydrogen) atoms. The molecule has 0 fully saturated rings. The standard InChI is InChI=1S/C22H27N3O4S/c1-15-7-10-17(25(27)28)14-19(15)23-21(30)24-20(26)6-5-13-29-18-11-8-16(9-12-18)22(2,3)4/h7-12,14H,5-6,13H2,1-4H3,(H2,23,24,26,30). The van der Waals surface area contributed by atoms with Gasteiger partial charge in [0.2, 0.25) is 5.91 Å². The maximum absolute atomic E-state index is 12.1. The number of carbonyl (C=O) groups excluding carboxylic acids is 1. The molecule has 0 unspecified atom stereocenters. The number of rotatable bonds is 7. The molecule has 0 saturated heterocycles. The first-order chi connectivity index (χ1) is 14.1. The highest BCUT2D eigenvalue weighted by molar-refractivity contribution is 7.80. The van der Waals surface area contributed by atoms with Gasteiger partial charge in [-0.3, -0.25) is 14.9 Å². The first kappa shape index (κ1) is 23.3. The zero-order chi connectivity index (χ0) is 22.3. The zero-order valence-electron chi connectivity index (χ0n) is 17.7. The zero-order valence-corrected chi connectivity index (χ0v) is 18.5. The van der Waals surface area contributed by atoms with Gasteiger partial charge in [0.15, 0.2) is 5.11 Å². The second kappa shape index (κ2) is 10.2. The highest BCUT2D eigenvalue weighted by atomic mass is 32.1. The van der Waals surface area contributed by atoms with E-state index in [1.165, 1.54) is 17.7 Å². The van der Waals surface area contributed by atoms with Crippen LogP contribution in [0.1, 0.15) is 44.7 Å². The van der Waals surface area contributed by atoms with Crippen LogP contribution in [0.2, 0.25) is 0 Å². The highest BCUT2D eigenvalue weighted by Crippen LogP contribution is 2.24. The topological polar surface area (TPSA) is 93.5 Å². The van der Waals surface area contributed by atoms with Gasteiger partial charge in [-0.25, -0.2) is 0 Å². The van der Waals surface area contributed by atoms with Crippen molar-refractivity contribution in [2.45, 2.75) is 46.0 Å². The highest BCUT2D eigenvalue weighted by Gasteiger charge is 2.13. The lowest BCUT2D eigenvalue weighted by Crippen LogP contribution is -2.34. The molecule has 0 saturated carbocycles. The van der Waals surface area contributed by atoms with E-state index in [4.69, 9.17) is 17.0 Å². The van der Waals surface area contributed by atoms with Gasteiger partial charge in [-0.15, -0.1) is 0 Å². The monoisotopic (exact) mass is 429 g/mol. The molecule has 2 N–H and O–H groups in total. The van der Waals surface area contributed by atoms with E-state index in [0.29, 0.717) is 18.7 Å². The number of anilines is 1. The summed E-state index contributed by atoms with van der Waals surface area (Å²) in [6, 6.07) is 12.4. The molecular weight excluding hydrogens is 402 g/mol. The average molecular weight is 430 g/mol. The van der Waals surface area contributed by atoms with Crippen molar-refractivity contribution >= 4 is 34.6 Å². The summed E-state index contributed by atoms with van der Waals surface area (Å²) >= 11 is 5.13. The minimum Gasteiger partial charge on any atom is -0.494 e. The normalized spacial score (nSPS) is 10.9. The van der Waals surface area contributed by atoms with E-state index in [-0.39, 0.29) is 28.5 Å². The van der Waals surface area contributed by atoms with E-state index in [1.807, 2.05) is 24.3 Å². The van der Waals surface area contributed by atoms with Crippen molar-refractivity contribution in [3.63, 3.8) is 0 Å². The van der Waals surface area contributed by atoms with Gasteiger partial charge in [0.25, 0.3) is 5.69 Å². The van der Waals surface area contributed by atoms with E-state index in [2.05, 4.69) is 31.4 Å². The van der Waals surface area contributed by atoms with Crippen molar-refractivity contribution in [2.24, 2.45) is 0 Å². The number of non-ortho nitro benzene ring substituents is 1. The molecule has 2 aromatic rings. The molecule has 0 bridgehead atoms. The lowest BCUT2D eigenvalue weighted by molar-refractivity contribution is -0.384. The smallest absolute Gasteiger partial charge is 0.271 e. The number of benzene rings is 2. The molecule has 7 nitrogen and oxygen atoms in total. The summed E-state index contributed by atoms with van der Waals surface area (Å²) in [5, 5.41) is 16.4. The summed E-state index contributed by atoms with van der Waals surface area (Å²) in [5.74, 6) is 0.518. The second-order valence-corrected chi connectivity index (χ2v) is 8.39. The number of hydrogen-bond donors (Lipinski definition) is 2. The Bertz CT molecular complexity index is 921. The Kier molecular flexibility index (Phi) is 7.88. The Hall–Kier alpha value is -3.00. The third kappa shape index (κ3) is 7.11.